The monoisotopic (exact) mass is 232 g/mol. The molecule has 0 bridgehead atoms. The normalized spacial score (nSPS) is 6.93. The lowest BCUT2D eigenvalue weighted by molar-refractivity contribution is 0.737. The minimum absolute atomic E-state index is 0.833. The molecule has 0 atom stereocenters. The van der Waals surface area contributed by atoms with Crippen molar-refractivity contribution < 1.29 is 0 Å². The number of rotatable bonds is 3. The van der Waals surface area contributed by atoms with Gasteiger partial charge in [0.25, 0.3) is 0 Å². The van der Waals surface area contributed by atoms with Crippen LogP contribution in [0.5, 0.6) is 0 Å². The van der Waals surface area contributed by atoms with Gasteiger partial charge in [-0.3, -0.25) is 0 Å². The highest BCUT2D eigenvalue weighted by Crippen LogP contribution is 1.94. The van der Waals surface area contributed by atoms with Gasteiger partial charge in [-0.05, 0) is 23.5 Å². The maximum atomic E-state index is 3.51. The lowest BCUT2D eigenvalue weighted by Crippen LogP contribution is -1.66. The maximum absolute atomic E-state index is 3.51. The second-order valence-electron chi connectivity index (χ2n) is 3.05. The lowest BCUT2D eigenvalue weighted by atomic mass is 10.3. The van der Waals surface area contributed by atoms with Gasteiger partial charge in [0, 0.05) is 0 Å². The molecule has 0 nitrogen and oxygen atoms in total. The smallest absolute Gasteiger partial charge is 0.00547 e. The fourth-order valence-electron chi connectivity index (χ4n) is 0.118. The summed E-state index contributed by atoms with van der Waals surface area (Å²) in [5.41, 5.74) is 0. The van der Waals surface area contributed by atoms with Gasteiger partial charge in [-0.1, -0.05) is 61.1 Å². The van der Waals surface area contributed by atoms with E-state index in [1.165, 1.54) is 0 Å². The van der Waals surface area contributed by atoms with Crippen molar-refractivity contribution in [2.24, 2.45) is 5.92 Å². The molecule has 0 radical (unpaired) electrons. The Balaban J connectivity index is -0.0000000562. The molecule has 0 unspecified atom stereocenters. The summed E-state index contributed by atoms with van der Waals surface area (Å²) >= 11 is 1.73. The van der Waals surface area contributed by atoms with Crippen molar-refractivity contribution in [3.63, 3.8) is 0 Å². The third-order valence-electron chi connectivity index (χ3n) is 0.573. The zero-order valence-electron chi connectivity index (χ0n) is 12.0. The highest BCUT2D eigenvalue weighted by Gasteiger charge is 1.68. The Bertz CT molecular complexity index is 82.6. The van der Waals surface area contributed by atoms with Crippen LogP contribution in [0.25, 0.3) is 0 Å². The van der Waals surface area contributed by atoms with Gasteiger partial charge in [-0.2, -0.15) is 0 Å². The largest absolute Gasteiger partial charge is 0.135 e. The summed E-state index contributed by atoms with van der Waals surface area (Å²) in [7, 11) is 0. The molecule has 0 amide bonds. The fourth-order valence-corrected chi connectivity index (χ4v) is 0.354. The molecule has 0 spiro atoms. The molecule has 0 fully saturated rings. The number of allylic oxidation sites excluding steroid dienone is 1. The molecule has 94 valence electrons. The van der Waals surface area contributed by atoms with Crippen molar-refractivity contribution in [3.8, 4) is 0 Å². The maximum Gasteiger partial charge on any atom is -0.00547 e. The minimum atomic E-state index is 0.833. The molecular formula is C14H32S. The molecule has 0 aliphatic heterocycles. The van der Waals surface area contributed by atoms with Crippen LogP contribution in [-0.2, 0) is 0 Å². The van der Waals surface area contributed by atoms with E-state index in [2.05, 4.69) is 47.8 Å². The average Bonchev–Trinajstić information content (AvgIpc) is 2.22. The molecule has 0 aliphatic rings. The van der Waals surface area contributed by atoms with Crippen LogP contribution in [0.1, 0.15) is 54.9 Å². The third kappa shape index (κ3) is 242. The molecule has 0 rings (SSSR count). The van der Waals surface area contributed by atoms with E-state index in [-0.39, 0.29) is 0 Å². The topological polar surface area (TPSA) is 0 Å². The summed E-state index contributed by atoms with van der Waals surface area (Å²) in [6, 6.07) is 0. The Morgan fingerprint density at radius 1 is 1.07 bits per heavy atom. The predicted molar refractivity (Wildman–Crippen MR) is 80.7 cm³/mol. The van der Waals surface area contributed by atoms with Gasteiger partial charge in [0.2, 0.25) is 0 Å². The van der Waals surface area contributed by atoms with Gasteiger partial charge in [0.15, 0.2) is 0 Å². The van der Waals surface area contributed by atoms with Crippen molar-refractivity contribution in [3.05, 3.63) is 24.6 Å². The molecule has 0 aromatic carbocycles. The van der Waals surface area contributed by atoms with Crippen LogP contribution in [0.2, 0.25) is 0 Å². The van der Waals surface area contributed by atoms with Crippen LogP contribution in [-0.4, -0.2) is 5.75 Å². The van der Waals surface area contributed by atoms with E-state index < -0.39 is 0 Å². The summed E-state index contributed by atoms with van der Waals surface area (Å²) < 4.78 is 0. The first-order valence-electron chi connectivity index (χ1n) is 5.90. The minimum Gasteiger partial charge on any atom is -0.135 e. The molecule has 1 heteroatoms. The number of thioether (sulfide) groups is 1. The zero-order chi connectivity index (χ0) is 13.1. The van der Waals surface area contributed by atoms with E-state index in [0.717, 1.165) is 18.1 Å². The van der Waals surface area contributed by atoms with E-state index in [4.69, 9.17) is 0 Å². The molecular weight excluding hydrogens is 200 g/mol. The van der Waals surface area contributed by atoms with E-state index >= 15 is 0 Å². The molecule has 0 saturated heterocycles. The van der Waals surface area contributed by atoms with Gasteiger partial charge >= 0.3 is 0 Å². The van der Waals surface area contributed by atoms with Gasteiger partial charge in [-0.25, -0.2) is 0 Å². The Morgan fingerprint density at radius 2 is 1.33 bits per heavy atom. The molecule has 0 aromatic heterocycles. The molecule has 15 heavy (non-hydrogen) atoms. The summed E-state index contributed by atoms with van der Waals surface area (Å²) in [6.45, 7) is 21.7. The molecule has 0 N–H and O–H groups in total. The van der Waals surface area contributed by atoms with Gasteiger partial charge in [-0.15, -0.1) is 18.3 Å². The van der Waals surface area contributed by atoms with Gasteiger partial charge in [0.1, 0.15) is 0 Å². The Hall–Kier alpha value is -0.170. The molecule has 0 heterocycles. The van der Waals surface area contributed by atoms with Crippen LogP contribution < -0.4 is 0 Å². The van der Waals surface area contributed by atoms with Crippen LogP contribution >= 0.6 is 11.8 Å². The molecule has 0 aromatic rings. The first kappa shape index (κ1) is 24.2. The standard InChI is InChI=1S/C4H8S.C4H10.C4H8.C2H6/c1-3-5-4-2;1-4(2)3;1-3-4-2;1-2/h3H,1,4H2,2H3;4H,1-3H3;3H,1,4H2,2H3;1-2H3. The summed E-state index contributed by atoms with van der Waals surface area (Å²) in [5, 5.41) is 1.85. The van der Waals surface area contributed by atoms with Crippen LogP contribution in [0.15, 0.2) is 24.6 Å². The first-order chi connectivity index (χ1) is 7.06. The first-order valence-corrected chi connectivity index (χ1v) is 6.94. The third-order valence-corrected chi connectivity index (χ3v) is 1.14. The quantitative estimate of drug-likeness (QED) is 0.526. The fraction of sp³-hybridized carbons (Fsp3) is 0.714. The average molecular weight is 232 g/mol. The Morgan fingerprint density at radius 3 is 1.33 bits per heavy atom. The number of hydrogen-bond donors (Lipinski definition) is 0. The van der Waals surface area contributed by atoms with E-state index in [0.29, 0.717) is 0 Å². The predicted octanol–water partition coefficient (Wildman–Crippen LogP) is 6.15. The number of hydrogen-bond acceptors (Lipinski definition) is 1. The van der Waals surface area contributed by atoms with E-state index in [1.54, 1.807) is 11.8 Å². The van der Waals surface area contributed by atoms with Crippen molar-refractivity contribution in [1.29, 1.82) is 0 Å². The van der Waals surface area contributed by atoms with E-state index in [9.17, 15) is 0 Å². The van der Waals surface area contributed by atoms with Gasteiger partial charge < -0.3 is 0 Å². The lowest BCUT2D eigenvalue weighted by Gasteiger charge is -1.79. The Labute approximate surface area is 103 Å². The van der Waals surface area contributed by atoms with Gasteiger partial charge in [0.05, 0.1) is 0 Å². The molecule has 0 saturated carbocycles. The van der Waals surface area contributed by atoms with Crippen LogP contribution in [0, 0.1) is 5.92 Å². The van der Waals surface area contributed by atoms with Crippen LogP contribution in [0.3, 0.4) is 0 Å². The highest BCUT2D eigenvalue weighted by atomic mass is 32.2. The zero-order valence-corrected chi connectivity index (χ0v) is 12.8. The summed E-state index contributed by atoms with van der Waals surface area (Å²) in [4.78, 5) is 0. The SMILES string of the molecule is C=CCC.C=CSCC.CC.CC(C)C. The Kier molecular flexibility index (Phi) is 59.9. The summed E-state index contributed by atoms with van der Waals surface area (Å²) in [6.07, 6.45) is 2.96. The van der Waals surface area contributed by atoms with Crippen molar-refractivity contribution in [2.75, 3.05) is 5.75 Å². The highest BCUT2D eigenvalue weighted by molar-refractivity contribution is 8.02. The second kappa shape index (κ2) is 37.1. The molecule has 0 aliphatic carbocycles. The second-order valence-corrected chi connectivity index (χ2v) is 4.29. The summed E-state index contributed by atoms with van der Waals surface area (Å²) in [5.74, 6) is 1.98. The van der Waals surface area contributed by atoms with Crippen molar-refractivity contribution >= 4 is 11.8 Å². The van der Waals surface area contributed by atoms with E-state index in [1.807, 2.05) is 25.3 Å². The van der Waals surface area contributed by atoms with Crippen molar-refractivity contribution in [1.82, 2.24) is 0 Å². The van der Waals surface area contributed by atoms with Crippen molar-refractivity contribution in [2.45, 2.75) is 54.9 Å². The van der Waals surface area contributed by atoms with Crippen LogP contribution in [0.4, 0.5) is 0 Å².